The molecule has 2 rings (SSSR count). The topological polar surface area (TPSA) is 68.0 Å². The number of nitrogens with two attached hydrogens (primary N) is 1. The van der Waals surface area contributed by atoms with Crippen molar-refractivity contribution in [1.82, 2.24) is 4.98 Å². The number of nitrogen functional groups attached to an aromatic ring is 1. The van der Waals surface area contributed by atoms with Crippen molar-refractivity contribution < 1.29 is 4.79 Å². The van der Waals surface area contributed by atoms with Gasteiger partial charge in [-0.3, -0.25) is 4.79 Å². The van der Waals surface area contributed by atoms with Gasteiger partial charge < -0.3 is 11.1 Å². The molecular formula is C13H11Br2N3O. The second kappa shape index (κ2) is 5.71. The van der Waals surface area contributed by atoms with Crippen molar-refractivity contribution in [1.29, 1.82) is 0 Å². The third-order valence-electron chi connectivity index (χ3n) is 2.54. The van der Waals surface area contributed by atoms with E-state index in [2.05, 4.69) is 42.2 Å². The number of pyridine rings is 1. The summed E-state index contributed by atoms with van der Waals surface area (Å²) < 4.78 is 1.57. The van der Waals surface area contributed by atoms with Gasteiger partial charge in [-0.25, -0.2) is 4.98 Å². The highest BCUT2D eigenvalue weighted by molar-refractivity contribution is 9.10. The number of rotatable bonds is 2. The molecule has 0 atom stereocenters. The lowest BCUT2D eigenvalue weighted by molar-refractivity contribution is 0.102. The van der Waals surface area contributed by atoms with Crippen LogP contribution in [0.4, 0.5) is 11.5 Å². The maximum Gasteiger partial charge on any atom is 0.256 e. The zero-order valence-electron chi connectivity index (χ0n) is 10.1. The molecule has 0 aliphatic rings. The van der Waals surface area contributed by atoms with Gasteiger partial charge in [0.05, 0.1) is 0 Å². The highest BCUT2D eigenvalue weighted by Crippen LogP contribution is 2.22. The predicted octanol–water partition coefficient (Wildman–Crippen LogP) is 3.75. The molecule has 0 aliphatic carbocycles. The monoisotopic (exact) mass is 383 g/mol. The number of halogens is 2. The van der Waals surface area contributed by atoms with Gasteiger partial charge in [0.1, 0.15) is 5.82 Å². The number of nitrogens with one attached hydrogen (secondary N) is 1. The summed E-state index contributed by atoms with van der Waals surface area (Å²) in [5, 5.41) is 2.77. The van der Waals surface area contributed by atoms with Crippen LogP contribution in [-0.4, -0.2) is 10.9 Å². The minimum Gasteiger partial charge on any atom is -0.398 e. The minimum absolute atomic E-state index is 0.223. The summed E-state index contributed by atoms with van der Waals surface area (Å²) in [6.45, 7) is 1.88. The molecule has 0 bridgehead atoms. The first-order valence-corrected chi connectivity index (χ1v) is 7.04. The molecule has 2 aromatic rings. The lowest BCUT2D eigenvalue weighted by Gasteiger charge is -2.08. The van der Waals surface area contributed by atoms with E-state index in [1.54, 1.807) is 24.4 Å². The first-order valence-electron chi connectivity index (χ1n) is 5.46. The molecule has 3 N–H and O–H groups in total. The highest BCUT2D eigenvalue weighted by Gasteiger charge is 2.10. The largest absolute Gasteiger partial charge is 0.398 e. The molecule has 0 fully saturated rings. The molecule has 0 unspecified atom stereocenters. The average molecular weight is 385 g/mol. The van der Waals surface area contributed by atoms with Crippen LogP contribution >= 0.6 is 31.9 Å². The van der Waals surface area contributed by atoms with Crippen LogP contribution in [0.2, 0.25) is 0 Å². The summed E-state index contributed by atoms with van der Waals surface area (Å²) >= 11 is 6.63. The summed E-state index contributed by atoms with van der Waals surface area (Å²) in [6, 6.07) is 6.92. The number of hydrogen-bond acceptors (Lipinski definition) is 3. The van der Waals surface area contributed by atoms with Crippen LogP contribution < -0.4 is 11.1 Å². The molecule has 6 heteroatoms. The van der Waals surface area contributed by atoms with Crippen LogP contribution in [0.15, 0.2) is 39.4 Å². The van der Waals surface area contributed by atoms with Crippen LogP contribution in [0.3, 0.4) is 0 Å². The molecule has 1 aromatic heterocycles. The first-order chi connectivity index (χ1) is 8.97. The highest BCUT2D eigenvalue weighted by atomic mass is 79.9. The van der Waals surface area contributed by atoms with Gasteiger partial charge in [-0.1, -0.05) is 0 Å². The smallest absolute Gasteiger partial charge is 0.256 e. The Balaban J connectivity index is 2.23. The summed E-state index contributed by atoms with van der Waals surface area (Å²) in [7, 11) is 0. The summed E-state index contributed by atoms with van der Waals surface area (Å²) in [5.74, 6) is 0.319. The Kier molecular flexibility index (Phi) is 4.21. The van der Waals surface area contributed by atoms with Crippen LogP contribution in [0, 0.1) is 6.92 Å². The van der Waals surface area contributed by atoms with Crippen molar-refractivity contribution in [2.75, 3.05) is 11.1 Å². The number of benzene rings is 1. The molecule has 1 amide bonds. The summed E-state index contributed by atoms with van der Waals surface area (Å²) in [5.41, 5.74) is 7.68. The third kappa shape index (κ3) is 3.33. The van der Waals surface area contributed by atoms with Gasteiger partial charge in [0, 0.05) is 26.4 Å². The molecule has 1 heterocycles. The molecule has 0 saturated heterocycles. The van der Waals surface area contributed by atoms with Gasteiger partial charge >= 0.3 is 0 Å². The summed E-state index contributed by atoms with van der Waals surface area (Å²) in [4.78, 5) is 16.3. The van der Waals surface area contributed by atoms with Gasteiger partial charge in [0.2, 0.25) is 0 Å². The maximum absolute atomic E-state index is 12.1. The number of anilines is 2. The van der Waals surface area contributed by atoms with Gasteiger partial charge in [-0.05, 0) is 68.6 Å². The van der Waals surface area contributed by atoms with Crippen LogP contribution in [0.5, 0.6) is 0 Å². The minimum atomic E-state index is -0.223. The molecule has 98 valence electrons. The fourth-order valence-corrected chi connectivity index (χ4v) is 2.34. The number of aromatic nitrogens is 1. The number of aryl methyl sites for hydroxylation is 1. The lowest BCUT2D eigenvalue weighted by Crippen LogP contribution is -2.14. The van der Waals surface area contributed by atoms with E-state index in [0.29, 0.717) is 21.5 Å². The zero-order chi connectivity index (χ0) is 14.0. The van der Waals surface area contributed by atoms with Gasteiger partial charge in [-0.15, -0.1) is 0 Å². The van der Waals surface area contributed by atoms with Crippen LogP contribution in [-0.2, 0) is 0 Å². The van der Waals surface area contributed by atoms with Crippen molar-refractivity contribution >= 4 is 49.3 Å². The van der Waals surface area contributed by atoms with Gasteiger partial charge in [-0.2, -0.15) is 0 Å². The maximum atomic E-state index is 12.1. The quantitative estimate of drug-likeness (QED) is 0.774. The molecule has 0 spiro atoms. The van der Waals surface area contributed by atoms with E-state index in [1.807, 2.05) is 13.0 Å². The molecule has 0 radical (unpaired) electrons. The second-order valence-electron chi connectivity index (χ2n) is 4.01. The Hall–Kier alpha value is -1.40. The van der Waals surface area contributed by atoms with Crippen molar-refractivity contribution in [2.24, 2.45) is 0 Å². The Morgan fingerprint density at radius 3 is 2.68 bits per heavy atom. The van der Waals surface area contributed by atoms with Crippen molar-refractivity contribution in [2.45, 2.75) is 6.92 Å². The normalized spacial score (nSPS) is 10.3. The standard InChI is InChI=1S/C13H11Br2N3O/c1-7-4-9(14)6-17-12(7)18-13(19)8-2-3-11(16)10(15)5-8/h2-6H,16H2,1H3,(H,17,18,19). The van der Waals surface area contributed by atoms with E-state index in [1.165, 1.54) is 0 Å². The number of amides is 1. The molecule has 4 nitrogen and oxygen atoms in total. The van der Waals surface area contributed by atoms with Crippen molar-refractivity contribution in [3.8, 4) is 0 Å². The SMILES string of the molecule is Cc1cc(Br)cnc1NC(=O)c1ccc(N)c(Br)c1. The van der Waals surface area contributed by atoms with E-state index < -0.39 is 0 Å². The Bertz CT molecular complexity index is 644. The average Bonchev–Trinajstić information content (AvgIpc) is 2.36. The van der Waals surface area contributed by atoms with Crippen LogP contribution in [0.1, 0.15) is 15.9 Å². The number of nitrogens with zero attached hydrogens (tertiary/aromatic N) is 1. The van der Waals surface area contributed by atoms with E-state index in [0.717, 1.165) is 10.0 Å². The van der Waals surface area contributed by atoms with E-state index in [9.17, 15) is 4.79 Å². The van der Waals surface area contributed by atoms with E-state index in [4.69, 9.17) is 5.73 Å². The Labute approximate surface area is 127 Å². The van der Waals surface area contributed by atoms with Gasteiger partial charge in [0.15, 0.2) is 0 Å². The molecule has 0 saturated carbocycles. The number of carbonyl (C=O) groups excluding carboxylic acids is 1. The Morgan fingerprint density at radius 1 is 1.32 bits per heavy atom. The summed E-state index contributed by atoms with van der Waals surface area (Å²) in [6.07, 6.45) is 1.64. The van der Waals surface area contributed by atoms with Gasteiger partial charge in [0.25, 0.3) is 5.91 Å². The first kappa shape index (κ1) is 14.0. The van der Waals surface area contributed by atoms with Crippen molar-refractivity contribution in [3.63, 3.8) is 0 Å². The molecule has 19 heavy (non-hydrogen) atoms. The van der Waals surface area contributed by atoms with E-state index >= 15 is 0 Å². The molecule has 0 aliphatic heterocycles. The zero-order valence-corrected chi connectivity index (χ0v) is 13.2. The molecule has 1 aromatic carbocycles. The number of hydrogen-bond donors (Lipinski definition) is 2. The number of carbonyl (C=O) groups is 1. The molecular weight excluding hydrogens is 374 g/mol. The van der Waals surface area contributed by atoms with E-state index in [-0.39, 0.29) is 5.91 Å². The fraction of sp³-hybridized carbons (Fsp3) is 0.0769. The fourth-order valence-electron chi connectivity index (χ4n) is 1.52. The third-order valence-corrected chi connectivity index (χ3v) is 3.66. The second-order valence-corrected chi connectivity index (χ2v) is 5.78. The van der Waals surface area contributed by atoms with Crippen LogP contribution in [0.25, 0.3) is 0 Å². The predicted molar refractivity (Wildman–Crippen MR) is 83.2 cm³/mol. The van der Waals surface area contributed by atoms with Crippen molar-refractivity contribution in [3.05, 3.63) is 50.5 Å². The Morgan fingerprint density at radius 2 is 2.05 bits per heavy atom. The lowest BCUT2D eigenvalue weighted by atomic mass is 10.2.